The van der Waals surface area contributed by atoms with Crippen molar-refractivity contribution in [2.75, 3.05) is 13.2 Å². The van der Waals surface area contributed by atoms with E-state index in [-0.39, 0.29) is 18.5 Å². The van der Waals surface area contributed by atoms with Crippen LogP contribution in [0, 0.1) is 5.92 Å². The Morgan fingerprint density at radius 2 is 1.77 bits per heavy atom. The van der Waals surface area contributed by atoms with Crippen molar-refractivity contribution in [1.29, 1.82) is 0 Å². The van der Waals surface area contributed by atoms with Gasteiger partial charge in [0.2, 0.25) is 0 Å². The number of esters is 1. The van der Waals surface area contributed by atoms with E-state index in [4.69, 9.17) is 16.3 Å². The highest BCUT2D eigenvalue weighted by atomic mass is 35.5. The lowest BCUT2D eigenvalue weighted by molar-refractivity contribution is -0.156. The van der Waals surface area contributed by atoms with Gasteiger partial charge in [-0.15, -0.1) is 0 Å². The van der Waals surface area contributed by atoms with Gasteiger partial charge in [0.1, 0.15) is 0 Å². The van der Waals surface area contributed by atoms with E-state index in [1.165, 1.54) is 25.7 Å². The molecule has 1 amide bonds. The summed E-state index contributed by atoms with van der Waals surface area (Å²) < 4.78 is 5.49. The van der Waals surface area contributed by atoms with Crippen LogP contribution >= 0.6 is 11.6 Å². The first kappa shape index (κ1) is 17.8. The minimum Gasteiger partial charge on any atom is -0.455 e. The number of carbonyl (C=O) groups excluding carboxylic acids is 2. The molecule has 1 saturated heterocycles. The first-order chi connectivity index (χ1) is 12.6. The van der Waals surface area contributed by atoms with Gasteiger partial charge in [-0.25, -0.2) is 0 Å². The first-order valence-corrected chi connectivity index (χ1v) is 10.2. The van der Waals surface area contributed by atoms with Crippen molar-refractivity contribution in [1.82, 2.24) is 4.90 Å². The number of likely N-dealkylation sites (tertiary alicyclic amines) is 1. The Labute approximate surface area is 159 Å². The molecule has 0 bridgehead atoms. The summed E-state index contributed by atoms with van der Waals surface area (Å²) >= 11 is 5.94. The SMILES string of the molecule is O=C(COC(=O)C1(c2ccc(Cl)cc2)CC1)N1CCC[C@@H]2CCCC[C@H]21. The normalized spacial score (nSPS) is 26.7. The maximum Gasteiger partial charge on any atom is 0.317 e. The van der Waals surface area contributed by atoms with Crippen LogP contribution in [0.15, 0.2) is 24.3 Å². The molecule has 4 nitrogen and oxygen atoms in total. The van der Waals surface area contributed by atoms with Gasteiger partial charge in [0.25, 0.3) is 5.91 Å². The van der Waals surface area contributed by atoms with E-state index in [1.54, 1.807) is 12.1 Å². The number of fused-ring (bicyclic) bond motifs is 1. The molecule has 4 rings (SSSR count). The Bertz CT molecular complexity index is 681. The fraction of sp³-hybridized carbons (Fsp3) is 0.619. The third-order valence-electron chi connectivity index (χ3n) is 6.43. The van der Waals surface area contributed by atoms with Crippen molar-refractivity contribution in [3.8, 4) is 0 Å². The predicted octanol–water partition coefficient (Wildman–Crippen LogP) is 4.10. The number of rotatable bonds is 4. The standard InChI is InChI=1S/C21H26ClNO3/c22-17-9-7-16(8-10-17)21(11-12-21)20(25)26-14-19(24)23-13-3-5-15-4-1-2-6-18(15)23/h7-10,15,18H,1-6,11-14H2/t15-,18+/m0/s1. The summed E-state index contributed by atoms with van der Waals surface area (Å²) in [6, 6.07) is 7.72. The van der Waals surface area contributed by atoms with Gasteiger partial charge >= 0.3 is 5.97 Å². The molecule has 1 aromatic rings. The van der Waals surface area contributed by atoms with Crippen LogP contribution in [0.5, 0.6) is 0 Å². The maximum absolute atomic E-state index is 12.7. The van der Waals surface area contributed by atoms with Crippen molar-refractivity contribution in [2.24, 2.45) is 5.92 Å². The van der Waals surface area contributed by atoms with Gasteiger partial charge in [0.05, 0.1) is 5.41 Å². The highest BCUT2D eigenvalue weighted by Gasteiger charge is 2.53. The Hall–Kier alpha value is -1.55. The van der Waals surface area contributed by atoms with Gasteiger partial charge < -0.3 is 9.64 Å². The molecule has 26 heavy (non-hydrogen) atoms. The summed E-state index contributed by atoms with van der Waals surface area (Å²) in [5, 5.41) is 0.653. The number of nitrogens with zero attached hydrogens (tertiary/aromatic N) is 1. The third-order valence-corrected chi connectivity index (χ3v) is 6.68. The summed E-state index contributed by atoms with van der Waals surface area (Å²) in [6.07, 6.45) is 8.65. The smallest absolute Gasteiger partial charge is 0.317 e. The second-order valence-corrected chi connectivity index (χ2v) is 8.44. The topological polar surface area (TPSA) is 46.6 Å². The minimum atomic E-state index is -0.569. The molecule has 0 unspecified atom stereocenters. The third kappa shape index (κ3) is 3.36. The molecule has 2 aliphatic carbocycles. The number of benzene rings is 1. The van der Waals surface area contributed by atoms with E-state index >= 15 is 0 Å². The zero-order valence-corrected chi connectivity index (χ0v) is 15.8. The second-order valence-electron chi connectivity index (χ2n) is 8.01. The average Bonchev–Trinajstić information content (AvgIpc) is 3.48. The minimum absolute atomic E-state index is 0.0261. The fourth-order valence-corrected chi connectivity index (χ4v) is 4.91. The molecule has 2 atom stereocenters. The van der Waals surface area contributed by atoms with Gasteiger partial charge in [-0.1, -0.05) is 36.6 Å². The fourth-order valence-electron chi connectivity index (χ4n) is 4.79. The van der Waals surface area contributed by atoms with Gasteiger partial charge in [-0.3, -0.25) is 9.59 Å². The van der Waals surface area contributed by atoms with Crippen molar-refractivity contribution < 1.29 is 14.3 Å². The van der Waals surface area contributed by atoms with Gasteiger partial charge in [-0.2, -0.15) is 0 Å². The Kier molecular flexibility index (Phi) is 4.96. The first-order valence-electron chi connectivity index (χ1n) is 9.83. The second kappa shape index (κ2) is 7.22. The summed E-state index contributed by atoms with van der Waals surface area (Å²) in [5.41, 5.74) is 0.366. The molecule has 1 aromatic carbocycles. The monoisotopic (exact) mass is 375 g/mol. The molecular weight excluding hydrogens is 350 g/mol. The number of hydrogen-bond donors (Lipinski definition) is 0. The number of ether oxygens (including phenoxy) is 1. The molecule has 3 fully saturated rings. The van der Waals surface area contributed by atoms with E-state index in [2.05, 4.69) is 0 Å². The largest absolute Gasteiger partial charge is 0.455 e. The van der Waals surface area contributed by atoms with Crippen molar-refractivity contribution >= 4 is 23.5 Å². The number of piperidine rings is 1. The molecule has 0 aromatic heterocycles. The van der Waals surface area contributed by atoms with Crippen LogP contribution in [0.4, 0.5) is 0 Å². The zero-order chi connectivity index (χ0) is 18.1. The molecule has 1 heterocycles. The molecule has 5 heteroatoms. The van der Waals surface area contributed by atoms with Gasteiger partial charge in [0.15, 0.2) is 6.61 Å². The lowest BCUT2D eigenvalue weighted by Gasteiger charge is -2.44. The van der Waals surface area contributed by atoms with Crippen LogP contribution in [0.3, 0.4) is 0 Å². The maximum atomic E-state index is 12.7. The van der Waals surface area contributed by atoms with E-state index < -0.39 is 5.41 Å². The quantitative estimate of drug-likeness (QED) is 0.744. The lowest BCUT2D eigenvalue weighted by Crippen LogP contribution is -2.51. The van der Waals surface area contributed by atoms with Crippen LogP contribution in [0.2, 0.25) is 5.02 Å². The summed E-state index contributed by atoms with van der Waals surface area (Å²) in [5.74, 6) is 0.341. The average molecular weight is 376 g/mol. The van der Waals surface area contributed by atoms with Crippen molar-refractivity contribution in [3.05, 3.63) is 34.9 Å². The highest BCUT2D eigenvalue weighted by Crippen LogP contribution is 2.49. The van der Waals surface area contributed by atoms with Crippen molar-refractivity contribution in [2.45, 2.75) is 62.8 Å². The van der Waals surface area contributed by atoms with Crippen LogP contribution in [0.25, 0.3) is 0 Å². The molecule has 0 N–H and O–H groups in total. The Balaban J connectivity index is 1.37. The van der Waals surface area contributed by atoms with Crippen LogP contribution in [0.1, 0.15) is 56.9 Å². The van der Waals surface area contributed by atoms with Gasteiger partial charge in [0, 0.05) is 17.6 Å². The van der Waals surface area contributed by atoms with Crippen LogP contribution in [-0.2, 0) is 19.7 Å². The van der Waals surface area contributed by atoms with E-state index in [9.17, 15) is 9.59 Å². The lowest BCUT2D eigenvalue weighted by atomic mass is 9.78. The predicted molar refractivity (Wildman–Crippen MR) is 100 cm³/mol. The van der Waals surface area contributed by atoms with E-state index in [0.717, 1.165) is 37.8 Å². The van der Waals surface area contributed by atoms with E-state index in [0.29, 0.717) is 17.0 Å². The number of amides is 1. The molecule has 3 aliphatic rings. The summed E-state index contributed by atoms with van der Waals surface area (Å²) in [7, 11) is 0. The summed E-state index contributed by atoms with van der Waals surface area (Å²) in [6.45, 7) is 0.678. The molecule has 0 spiro atoms. The Morgan fingerprint density at radius 1 is 1.08 bits per heavy atom. The van der Waals surface area contributed by atoms with E-state index in [1.807, 2.05) is 17.0 Å². The molecule has 0 radical (unpaired) electrons. The Morgan fingerprint density at radius 3 is 2.50 bits per heavy atom. The molecule has 1 aliphatic heterocycles. The highest BCUT2D eigenvalue weighted by molar-refractivity contribution is 6.30. The number of carbonyl (C=O) groups is 2. The molecule has 140 valence electrons. The molecular formula is C21H26ClNO3. The van der Waals surface area contributed by atoms with Gasteiger partial charge in [-0.05, 0) is 62.1 Å². The number of hydrogen-bond acceptors (Lipinski definition) is 3. The van der Waals surface area contributed by atoms with Crippen LogP contribution in [-0.4, -0.2) is 36.0 Å². The number of halogens is 1. The molecule has 2 saturated carbocycles. The zero-order valence-electron chi connectivity index (χ0n) is 15.1. The van der Waals surface area contributed by atoms with Crippen LogP contribution < -0.4 is 0 Å². The summed E-state index contributed by atoms with van der Waals surface area (Å²) in [4.78, 5) is 27.4. The van der Waals surface area contributed by atoms with Crippen molar-refractivity contribution in [3.63, 3.8) is 0 Å².